The topological polar surface area (TPSA) is 92.2 Å². The zero-order valence-electron chi connectivity index (χ0n) is 23.1. The number of carbonyl (C=O) groups excluding carboxylic acids is 2. The number of amides is 2. The van der Waals surface area contributed by atoms with E-state index in [1.807, 2.05) is 26.2 Å². The number of pyridine rings is 1. The Bertz CT molecular complexity index is 1580. The molecule has 0 aliphatic heterocycles. The lowest BCUT2D eigenvalue weighted by atomic mass is 10.1. The minimum Gasteiger partial charge on any atom is -0.352 e. The lowest BCUT2D eigenvalue weighted by molar-refractivity contribution is -0.141. The van der Waals surface area contributed by atoms with Gasteiger partial charge < -0.3 is 15.5 Å². The lowest BCUT2D eigenvalue weighted by Gasteiger charge is -2.13. The highest BCUT2D eigenvalue weighted by Crippen LogP contribution is 2.32. The van der Waals surface area contributed by atoms with Gasteiger partial charge in [0.25, 0.3) is 11.8 Å². The average molecular weight is 631 g/mol. The van der Waals surface area contributed by atoms with Crippen LogP contribution in [-0.2, 0) is 12.7 Å². The van der Waals surface area contributed by atoms with Crippen molar-refractivity contribution in [2.24, 2.45) is 0 Å². The normalized spacial score (nSPS) is 11.7. The van der Waals surface area contributed by atoms with Gasteiger partial charge in [0, 0.05) is 22.0 Å². The second kappa shape index (κ2) is 12.4. The Morgan fingerprint density at radius 1 is 1.02 bits per heavy atom. The van der Waals surface area contributed by atoms with Gasteiger partial charge in [-0.15, -0.1) is 0 Å². The predicted molar refractivity (Wildman–Crippen MR) is 155 cm³/mol. The van der Waals surface area contributed by atoms with Crippen molar-refractivity contribution in [3.63, 3.8) is 0 Å². The van der Waals surface area contributed by atoms with Gasteiger partial charge in [0.1, 0.15) is 5.69 Å². The second-order valence-corrected chi connectivity index (χ2v) is 10.9. The number of anilines is 1. The third-order valence-corrected chi connectivity index (χ3v) is 7.04. The third kappa shape index (κ3) is 7.31. The zero-order chi connectivity index (χ0) is 29.9. The molecule has 0 aliphatic carbocycles. The maximum absolute atomic E-state index is 13.5. The van der Waals surface area contributed by atoms with E-state index in [2.05, 4.69) is 41.5 Å². The number of hydrogen-bond donors (Lipinski definition) is 2. The number of carbonyl (C=O) groups is 2. The molecule has 2 aromatic heterocycles. The van der Waals surface area contributed by atoms with Gasteiger partial charge >= 0.3 is 6.18 Å². The number of benzene rings is 2. The molecule has 0 unspecified atom stereocenters. The smallest absolute Gasteiger partial charge is 0.352 e. The molecule has 2 amide bonds. The molecular formula is C29H30BrF3N6O2. The molecule has 0 bridgehead atoms. The molecular weight excluding hydrogens is 601 g/mol. The SMILES string of the molecule is Cc1nn(Cc2ccc(C(=O)NCCCN(C)C)cc2)c(C)c1NC(=O)c1cc(C(F)(F)F)nc2ccc(Br)cc12. The van der Waals surface area contributed by atoms with E-state index in [1.54, 1.807) is 42.8 Å². The van der Waals surface area contributed by atoms with Crippen molar-refractivity contribution >= 4 is 44.3 Å². The number of nitrogens with zero attached hydrogens (tertiary/aromatic N) is 4. The van der Waals surface area contributed by atoms with Gasteiger partial charge in [-0.3, -0.25) is 14.3 Å². The van der Waals surface area contributed by atoms with E-state index in [4.69, 9.17) is 0 Å². The first-order chi connectivity index (χ1) is 19.3. The number of alkyl halides is 3. The van der Waals surface area contributed by atoms with Crippen LogP contribution in [0.4, 0.5) is 18.9 Å². The molecule has 8 nitrogen and oxygen atoms in total. The van der Waals surface area contributed by atoms with Crippen LogP contribution in [0, 0.1) is 13.8 Å². The monoisotopic (exact) mass is 630 g/mol. The third-order valence-electron chi connectivity index (χ3n) is 6.54. The molecule has 0 spiro atoms. The fourth-order valence-corrected chi connectivity index (χ4v) is 4.74. The van der Waals surface area contributed by atoms with Crippen molar-refractivity contribution in [2.45, 2.75) is 33.0 Å². The van der Waals surface area contributed by atoms with E-state index in [0.717, 1.165) is 24.6 Å². The van der Waals surface area contributed by atoms with Gasteiger partial charge in [0.05, 0.1) is 34.7 Å². The Morgan fingerprint density at radius 3 is 2.39 bits per heavy atom. The summed E-state index contributed by atoms with van der Waals surface area (Å²) in [5.41, 5.74) is 1.76. The van der Waals surface area contributed by atoms with Gasteiger partial charge in [-0.05, 0) is 82.9 Å². The van der Waals surface area contributed by atoms with Crippen molar-refractivity contribution in [1.82, 2.24) is 25.0 Å². The molecule has 0 aliphatic rings. The van der Waals surface area contributed by atoms with Crippen LogP contribution in [0.25, 0.3) is 10.9 Å². The molecule has 4 aromatic rings. The van der Waals surface area contributed by atoms with Gasteiger partial charge in [-0.25, -0.2) is 4.98 Å². The maximum Gasteiger partial charge on any atom is 0.433 e. The molecule has 0 radical (unpaired) electrons. The van der Waals surface area contributed by atoms with E-state index in [-0.39, 0.29) is 22.4 Å². The molecule has 12 heteroatoms. The molecule has 0 atom stereocenters. The van der Waals surface area contributed by atoms with Crippen LogP contribution in [-0.4, -0.2) is 58.7 Å². The van der Waals surface area contributed by atoms with Crippen molar-refractivity contribution in [3.8, 4) is 0 Å². The largest absolute Gasteiger partial charge is 0.433 e. The number of aromatic nitrogens is 3. The number of nitrogens with one attached hydrogen (secondary N) is 2. The van der Waals surface area contributed by atoms with Crippen LogP contribution in [0.5, 0.6) is 0 Å². The molecule has 0 saturated carbocycles. The molecule has 2 heterocycles. The molecule has 41 heavy (non-hydrogen) atoms. The van der Waals surface area contributed by atoms with E-state index < -0.39 is 17.8 Å². The summed E-state index contributed by atoms with van der Waals surface area (Å²) in [6.45, 7) is 5.33. The molecule has 216 valence electrons. The summed E-state index contributed by atoms with van der Waals surface area (Å²) in [6, 6.07) is 12.5. The minimum absolute atomic E-state index is 0.0583. The van der Waals surface area contributed by atoms with E-state index >= 15 is 0 Å². The fraction of sp³-hybridized carbons (Fsp3) is 0.310. The number of hydrogen-bond acceptors (Lipinski definition) is 5. The van der Waals surface area contributed by atoms with Crippen LogP contribution in [0.3, 0.4) is 0 Å². The van der Waals surface area contributed by atoms with Crippen molar-refractivity contribution in [2.75, 3.05) is 32.5 Å². The van der Waals surface area contributed by atoms with Crippen LogP contribution in [0.2, 0.25) is 0 Å². The fourth-order valence-electron chi connectivity index (χ4n) is 4.38. The molecule has 4 rings (SSSR count). The average Bonchev–Trinajstić information content (AvgIpc) is 3.17. The highest BCUT2D eigenvalue weighted by Gasteiger charge is 2.34. The van der Waals surface area contributed by atoms with Gasteiger partial charge in [-0.1, -0.05) is 28.1 Å². The minimum atomic E-state index is -4.71. The first kappa shape index (κ1) is 30.2. The standard InChI is InChI=1S/C29H30BrF3N6O2/c1-17-26(36-28(41)23-15-25(29(31,32)33)35-24-11-10-21(30)14-22(23)24)18(2)39(37-17)16-19-6-8-20(9-7-19)27(40)34-12-5-13-38(3)4/h6-11,14-15H,5,12-13,16H2,1-4H3,(H,34,40)(H,36,41). The highest BCUT2D eigenvalue weighted by atomic mass is 79.9. The van der Waals surface area contributed by atoms with Crippen molar-refractivity contribution in [3.05, 3.63) is 86.8 Å². The molecule has 2 aromatic carbocycles. The van der Waals surface area contributed by atoms with Gasteiger partial charge in [0.2, 0.25) is 0 Å². The van der Waals surface area contributed by atoms with Crippen molar-refractivity contribution in [1.29, 1.82) is 0 Å². The Labute approximate surface area is 244 Å². The Hall–Kier alpha value is -3.77. The summed E-state index contributed by atoms with van der Waals surface area (Å²) in [5.74, 6) is -0.844. The second-order valence-electron chi connectivity index (χ2n) is 9.98. The van der Waals surface area contributed by atoms with Crippen LogP contribution in [0.1, 0.15) is 49.8 Å². The highest BCUT2D eigenvalue weighted by molar-refractivity contribution is 9.10. The molecule has 0 fully saturated rings. The summed E-state index contributed by atoms with van der Waals surface area (Å²) < 4.78 is 42.9. The lowest BCUT2D eigenvalue weighted by Crippen LogP contribution is -2.27. The van der Waals surface area contributed by atoms with E-state index in [0.29, 0.717) is 40.2 Å². The summed E-state index contributed by atoms with van der Waals surface area (Å²) in [4.78, 5) is 31.5. The Morgan fingerprint density at radius 2 is 1.73 bits per heavy atom. The number of fused-ring (bicyclic) bond motifs is 1. The first-order valence-corrected chi connectivity index (χ1v) is 13.7. The Balaban J connectivity index is 1.51. The van der Waals surface area contributed by atoms with E-state index in [1.165, 1.54) is 6.07 Å². The number of rotatable bonds is 9. The van der Waals surface area contributed by atoms with Crippen LogP contribution < -0.4 is 10.6 Å². The molecule has 0 saturated heterocycles. The summed E-state index contributed by atoms with van der Waals surface area (Å²) in [5, 5.41) is 10.5. The zero-order valence-corrected chi connectivity index (χ0v) is 24.7. The predicted octanol–water partition coefficient (Wildman–Crippen LogP) is 5.81. The Kier molecular flexibility index (Phi) is 9.13. The molecule has 2 N–H and O–H groups in total. The number of halogens is 4. The summed E-state index contributed by atoms with van der Waals surface area (Å²) >= 11 is 3.31. The van der Waals surface area contributed by atoms with Gasteiger partial charge in [0.15, 0.2) is 0 Å². The summed E-state index contributed by atoms with van der Waals surface area (Å²) in [7, 11) is 3.96. The quantitative estimate of drug-likeness (QED) is 0.228. The number of aryl methyl sites for hydroxylation is 1. The van der Waals surface area contributed by atoms with Crippen LogP contribution in [0.15, 0.2) is 53.0 Å². The van der Waals surface area contributed by atoms with Crippen LogP contribution >= 0.6 is 15.9 Å². The first-order valence-electron chi connectivity index (χ1n) is 12.9. The van der Waals surface area contributed by atoms with Gasteiger partial charge in [-0.2, -0.15) is 18.3 Å². The maximum atomic E-state index is 13.5. The van der Waals surface area contributed by atoms with Crippen molar-refractivity contribution < 1.29 is 22.8 Å². The summed E-state index contributed by atoms with van der Waals surface area (Å²) in [6.07, 6.45) is -3.86. The van der Waals surface area contributed by atoms with E-state index in [9.17, 15) is 22.8 Å².